The van der Waals surface area contributed by atoms with Gasteiger partial charge in [-0.1, -0.05) is 90.2 Å². The molecule has 0 spiro atoms. The first-order valence-electron chi connectivity index (χ1n) is 16.2. The Morgan fingerprint density at radius 1 is 0.918 bits per heavy atom. The molecule has 2 aromatic heterocycles. The number of ether oxygens (including phenoxy) is 2. The molecule has 9 heteroatoms. The number of halogens is 1. The van der Waals surface area contributed by atoms with Gasteiger partial charge in [-0.3, -0.25) is 9.36 Å². The first-order valence-corrected chi connectivity index (χ1v) is 17.0. The second kappa shape index (κ2) is 13.5. The Bertz CT molecular complexity index is 2410. The lowest BCUT2D eigenvalue weighted by molar-refractivity contribution is -0.138. The van der Waals surface area contributed by atoms with E-state index in [0.29, 0.717) is 39.5 Å². The van der Waals surface area contributed by atoms with Crippen molar-refractivity contribution in [3.05, 3.63) is 162 Å². The molecule has 3 heterocycles. The Morgan fingerprint density at radius 2 is 1.63 bits per heavy atom. The Balaban J connectivity index is 1.46. The molecule has 7 rings (SSSR count). The van der Waals surface area contributed by atoms with Gasteiger partial charge in [-0.05, 0) is 56.7 Å². The monoisotopic (exact) mass is 671 g/mol. The lowest BCUT2D eigenvalue weighted by Crippen LogP contribution is -2.40. The fourth-order valence-corrected chi connectivity index (χ4v) is 7.42. The van der Waals surface area contributed by atoms with Gasteiger partial charge in [0.1, 0.15) is 11.6 Å². The van der Waals surface area contributed by atoms with Crippen molar-refractivity contribution >= 4 is 40.0 Å². The molecule has 0 bridgehead atoms. The summed E-state index contributed by atoms with van der Waals surface area (Å²) in [4.78, 5) is 33.8. The molecule has 0 saturated carbocycles. The Kier molecular flexibility index (Phi) is 8.84. The number of fused-ring (bicyclic) bond motifs is 2. The Morgan fingerprint density at radius 3 is 2.37 bits per heavy atom. The summed E-state index contributed by atoms with van der Waals surface area (Å²) in [5.41, 5.74) is 5.21. The number of aromatic nitrogens is 2. The molecular weight excluding hydrogens is 638 g/mol. The van der Waals surface area contributed by atoms with E-state index in [9.17, 15) is 14.0 Å². The van der Waals surface area contributed by atoms with Gasteiger partial charge in [-0.25, -0.2) is 14.2 Å². The highest BCUT2D eigenvalue weighted by Crippen LogP contribution is 2.36. The second-order valence-electron chi connectivity index (χ2n) is 11.6. The van der Waals surface area contributed by atoms with E-state index in [1.165, 1.54) is 17.4 Å². The van der Waals surface area contributed by atoms with E-state index in [1.54, 1.807) is 23.6 Å². The van der Waals surface area contributed by atoms with Gasteiger partial charge in [0.05, 0.1) is 41.6 Å². The number of para-hydroxylation sites is 1. The minimum Gasteiger partial charge on any atom is -0.494 e. The van der Waals surface area contributed by atoms with E-state index in [-0.39, 0.29) is 23.6 Å². The molecular formula is C40H34FN3O4S. The average molecular weight is 672 g/mol. The molecule has 0 N–H and O–H groups in total. The van der Waals surface area contributed by atoms with Crippen LogP contribution in [0.1, 0.15) is 47.8 Å². The van der Waals surface area contributed by atoms with Crippen LogP contribution in [0.5, 0.6) is 5.75 Å². The minimum atomic E-state index is -0.799. The van der Waals surface area contributed by atoms with Crippen LogP contribution in [-0.2, 0) is 16.1 Å². The van der Waals surface area contributed by atoms with E-state index >= 15 is 0 Å². The summed E-state index contributed by atoms with van der Waals surface area (Å²) in [5, 5.41) is 0.947. The summed E-state index contributed by atoms with van der Waals surface area (Å²) >= 11 is 1.27. The van der Waals surface area contributed by atoms with Crippen molar-refractivity contribution in [1.82, 2.24) is 9.13 Å². The normalized spacial score (nSPS) is 14.5. The van der Waals surface area contributed by atoms with Crippen LogP contribution in [0.15, 0.2) is 118 Å². The molecule has 7 nitrogen and oxygen atoms in total. The fraction of sp³-hybridized carbons (Fsp3) is 0.175. The molecule has 0 amide bonds. The van der Waals surface area contributed by atoms with E-state index in [1.807, 2.05) is 105 Å². The summed E-state index contributed by atoms with van der Waals surface area (Å²) in [6.45, 7) is 6.68. The lowest BCUT2D eigenvalue weighted by Gasteiger charge is -2.26. The maximum atomic E-state index is 14.8. The highest BCUT2D eigenvalue weighted by molar-refractivity contribution is 7.07. The number of thiazole rings is 1. The standard InChI is InChI=1S/C40H34FN3O4S/c1-4-47-29-21-19-27(20-22-29)37-35(39(46)48-5-2)36(26-13-7-6-8-14-26)42-40-44(37)38(45)34(49-40)23-31-25(3)43(33-18-12-10-16-30(31)33)24-28-15-9-11-17-32(28)41/h6-23,37H,4-5,24H2,1-3H3/b34-23-/t37-/m1/s1. The number of nitrogens with zero attached hydrogens (tertiary/aromatic N) is 3. The quantitative estimate of drug-likeness (QED) is 0.159. The topological polar surface area (TPSA) is 74.8 Å². The molecule has 6 aromatic rings. The summed E-state index contributed by atoms with van der Waals surface area (Å²) in [6.07, 6.45) is 1.89. The molecule has 0 unspecified atom stereocenters. The van der Waals surface area contributed by atoms with Gasteiger partial charge in [0.2, 0.25) is 0 Å². The maximum Gasteiger partial charge on any atom is 0.338 e. The number of esters is 1. The Hall–Kier alpha value is -5.54. The summed E-state index contributed by atoms with van der Waals surface area (Å²) in [7, 11) is 0. The van der Waals surface area contributed by atoms with Gasteiger partial charge in [-0.15, -0.1) is 0 Å². The highest BCUT2D eigenvalue weighted by atomic mass is 32.1. The second-order valence-corrected chi connectivity index (χ2v) is 12.6. The van der Waals surface area contributed by atoms with Crippen molar-refractivity contribution in [1.29, 1.82) is 0 Å². The Labute approximate surface area is 286 Å². The van der Waals surface area contributed by atoms with Crippen molar-refractivity contribution in [3.63, 3.8) is 0 Å². The molecule has 49 heavy (non-hydrogen) atoms. The molecule has 246 valence electrons. The highest BCUT2D eigenvalue weighted by Gasteiger charge is 2.35. The smallest absolute Gasteiger partial charge is 0.338 e. The molecule has 4 aromatic carbocycles. The van der Waals surface area contributed by atoms with Crippen molar-refractivity contribution in [2.45, 2.75) is 33.4 Å². The third-order valence-electron chi connectivity index (χ3n) is 8.72. The predicted molar refractivity (Wildman–Crippen MR) is 191 cm³/mol. The van der Waals surface area contributed by atoms with Crippen molar-refractivity contribution in [3.8, 4) is 5.75 Å². The fourth-order valence-electron chi connectivity index (χ4n) is 6.44. The summed E-state index contributed by atoms with van der Waals surface area (Å²) in [5.74, 6) is -0.119. The molecule has 0 radical (unpaired) electrons. The SMILES string of the molecule is CCOC(=O)C1=C(c2ccccc2)N=c2s/c(=C\c3c(C)n(Cc4ccccc4F)c4ccccc34)c(=O)n2[C@@H]1c1ccc(OCC)cc1. The zero-order valence-electron chi connectivity index (χ0n) is 27.4. The third-order valence-corrected chi connectivity index (χ3v) is 9.70. The minimum absolute atomic E-state index is 0.168. The van der Waals surface area contributed by atoms with Gasteiger partial charge in [0.25, 0.3) is 5.56 Å². The van der Waals surface area contributed by atoms with Gasteiger partial charge < -0.3 is 14.0 Å². The van der Waals surface area contributed by atoms with Crippen LogP contribution in [0.2, 0.25) is 0 Å². The van der Waals surface area contributed by atoms with Gasteiger partial charge in [0, 0.05) is 33.3 Å². The van der Waals surface area contributed by atoms with Crippen molar-refractivity contribution in [2.24, 2.45) is 4.99 Å². The number of carbonyl (C=O) groups excluding carboxylic acids is 1. The van der Waals surface area contributed by atoms with Crippen molar-refractivity contribution in [2.75, 3.05) is 13.2 Å². The maximum absolute atomic E-state index is 14.8. The van der Waals surface area contributed by atoms with Gasteiger partial charge in [0.15, 0.2) is 4.80 Å². The number of rotatable bonds is 9. The molecule has 0 saturated heterocycles. The number of hydrogen-bond donors (Lipinski definition) is 0. The van der Waals surface area contributed by atoms with Crippen LogP contribution in [0.4, 0.5) is 4.39 Å². The van der Waals surface area contributed by atoms with Crippen LogP contribution in [0.3, 0.4) is 0 Å². The number of benzene rings is 4. The molecule has 1 aliphatic heterocycles. The first kappa shape index (κ1) is 32.0. The predicted octanol–water partition coefficient (Wildman–Crippen LogP) is 6.78. The average Bonchev–Trinajstić information content (AvgIpc) is 3.57. The van der Waals surface area contributed by atoms with Crippen LogP contribution in [0, 0.1) is 12.7 Å². The van der Waals surface area contributed by atoms with Gasteiger partial charge in [-0.2, -0.15) is 0 Å². The first-order chi connectivity index (χ1) is 23.9. The summed E-state index contributed by atoms with van der Waals surface area (Å²) < 4.78 is 30.2. The van der Waals surface area contributed by atoms with Gasteiger partial charge >= 0.3 is 5.97 Å². The third kappa shape index (κ3) is 5.91. The van der Waals surface area contributed by atoms with Crippen LogP contribution >= 0.6 is 11.3 Å². The van der Waals surface area contributed by atoms with Crippen LogP contribution in [-0.4, -0.2) is 28.3 Å². The van der Waals surface area contributed by atoms with E-state index in [2.05, 4.69) is 4.57 Å². The molecule has 0 aliphatic carbocycles. The zero-order chi connectivity index (χ0) is 34.1. The van der Waals surface area contributed by atoms with E-state index in [4.69, 9.17) is 14.5 Å². The van der Waals surface area contributed by atoms with Crippen LogP contribution < -0.4 is 19.6 Å². The van der Waals surface area contributed by atoms with Crippen LogP contribution in [0.25, 0.3) is 22.7 Å². The zero-order valence-corrected chi connectivity index (χ0v) is 28.2. The summed E-state index contributed by atoms with van der Waals surface area (Å²) in [6, 6.07) is 30.8. The number of hydrogen-bond acceptors (Lipinski definition) is 6. The number of carbonyl (C=O) groups is 1. The largest absolute Gasteiger partial charge is 0.494 e. The molecule has 1 aliphatic rings. The lowest BCUT2D eigenvalue weighted by atomic mass is 9.93. The molecule has 1 atom stereocenters. The molecule has 0 fully saturated rings. The van der Waals surface area contributed by atoms with Crippen molar-refractivity contribution < 1.29 is 18.7 Å². The van der Waals surface area contributed by atoms with E-state index in [0.717, 1.165) is 33.3 Å². The van der Waals surface area contributed by atoms with E-state index < -0.39 is 12.0 Å².